The molecule has 1 aromatic rings. The maximum atomic E-state index is 12.7. The predicted octanol–water partition coefficient (Wildman–Crippen LogP) is 3.37. The fourth-order valence-corrected chi connectivity index (χ4v) is 3.94. The fourth-order valence-electron chi connectivity index (χ4n) is 2.69. The molecule has 7 heteroatoms. The van der Waals surface area contributed by atoms with Crippen LogP contribution >= 0.6 is 0 Å². The Kier molecular flexibility index (Phi) is 6.62. The van der Waals surface area contributed by atoms with Gasteiger partial charge in [-0.15, -0.1) is 0 Å². The molecule has 6 nitrogen and oxygen atoms in total. The number of sulfonamides is 1. The molecule has 1 N–H and O–H groups in total. The molecule has 24 heavy (non-hydrogen) atoms. The van der Waals surface area contributed by atoms with Crippen LogP contribution in [-0.2, 0) is 14.9 Å². The van der Waals surface area contributed by atoms with Gasteiger partial charge in [-0.25, -0.2) is 13.2 Å². The van der Waals surface area contributed by atoms with E-state index in [1.807, 2.05) is 13.8 Å². The minimum atomic E-state index is -3.87. The van der Waals surface area contributed by atoms with Gasteiger partial charge < -0.3 is 10.2 Å². The Balaban J connectivity index is 2.10. The first-order valence-electron chi connectivity index (χ1n) is 8.51. The molecule has 0 aliphatic heterocycles. The summed E-state index contributed by atoms with van der Waals surface area (Å²) in [5, 5.41) is 2.75. The molecular weight excluding hydrogens is 328 g/mol. The van der Waals surface area contributed by atoms with Crippen LogP contribution in [0.2, 0.25) is 0 Å². The van der Waals surface area contributed by atoms with E-state index in [-0.39, 0.29) is 17.5 Å². The van der Waals surface area contributed by atoms with E-state index in [4.69, 9.17) is 4.84 Å². The lowest BCUT2D eigenvalue weighted by Gasteiger charge is -2.22. The van der Waals surface area contributed by atoms with Crippen LogP contribution in [0.5, 0.6) is 0 Å². The van der Waals surface area contributed by atoms with Gasteiger partial charge in [0.2, 0.25) is 0 Å². The summed E-state index contributed by atoms with van der Waals surface area (Å²) in [6.45, 7) is 3.98. The van der Waals surface area contributed by atoms with Gasteiger partial charge in [0.25, 0.3) is 10.0 Å². The van der Waals surface area contributed by atoms with Gasteiger partial charge in [-0.1, -0.05) is 43.9 Å². The molecule has 1 aliphatic carbocycles. The van der Waals surface area contributed by atoms with Crippen molar-refractivity contribution in [3.8, 4) is 0 Å². The van der Waals surface area contributed by atoms with Crippen molar-refractivity contribution < 1.29 is 18.0 Å². The number of nitrogens with zero attached hydrogens (tertiary/aromatic N) is 1. The quantitative estimate of drug-likeness (QED) is 0.762. The Morgan fingerprint density at radius 2 is 1.88 bits per heavy atom. The van der Waals surface area contributed by atoms with Gasteiger partial charge in [0.15, 0.2) is 0 Å². The molecule has 1 aliphatic rings. The monoisotopic (exact) mass is 354 g/mol. The summed E-state index contributed by atoms with van der Waals surface area (Å²) in [7, 11) is -3.87. The van der Waals surface area contributed by atoms with Gasteiger partial charge in [0, 0.05) is 6.04 Å². The highest BCUT2D eigenvalue weighted by Gasteiger charge is 2.29. The van der Waals surface area contributed by atoms with Crippen LogP contribution in [0, 0.1) is 6.92 Å². The summed E-state index contributed by atoms with van der Waals surface area (Å²) in [5.74, 6) is 0. The second-order valence-corrected chi connectivity index (χ2v) is 8.03. The second kappa shape index (κ2) is 8.48. The van der Waals surface area contributed by atoms with Crippen molar-refractivity contribution in [1.29, 1.82) is 0 Å². The normalized spacial score (nSPS) is 15.6. The maximum Gasteiger partial charge on any atom is 0.427 e. The van der Waals surface area contributed by atoms with Crippen molar-refractivity contribution in [3.63, 3.8) is 0 Å². The molecule has 1 saturated carbocycles. The molecule has 0 radical (unpaired) electrons. The zero-order valence-electron chi connectivity index (χ0n) is 14.3. The average molecular weight is 354 g/mol. The lowest BCUT2D eigenvalue weighted by Crippen LogP contribution is -2.41. The maximum absolute atomic E-state index is 12.7. The largest absolute Gasteiger partial charge is 0.427 e. The van der Waals surface area contributed by atoms with E-state index in [0.29, 0.717) is 6.42 Å². The number of benzene rings is 1. The van der Waals surface area contributed by atoms with Gasteiger partial charge in [-0.05, 0) is 42.8 Å². The highest BCUT2D eigenvalue weighted by molar-refractivity contribution is 7.89. The first kappa shape index (κ1) is 18.7. The Hall–Kier alpha value is -1.60. The van der Waals surface area contributed by atoms with Gasteiger partial charge in [-0.3, -0.25) is 0 Å². The van der Waals surface area contributed by atoms with E-state index in [2.05, 4.69) is 5.32 Å². The van der Waals surface area contributed by atoms with Gasteiger partial charge in [-0.2, -0.15) is 0 Å². The van der Waals surface area contributed by atoms with E-state index in [1.54, 1.807) is 12.1 Å². The summed E-state index contributed by atoms with van der Waals surface area (Å²) in [6.07, 6.45) is 4.69. The highest BCUT2D eigenvalue weighted by atomic mass is 32.2. The van der Waals surface area contributed by atoms with E-state index in [1.165, 1.54) is 12.1 Å². The van der Waals surface area contributed by atoms with Crippen LogP contribution in [0.3, 0.4) is 0 Å². The van der Waals surface area contributed by atoms with Crippen molar-refractivity contribution >= 4 is 16.1 Å². The molecule has 134 valence electrons. The number of unbranched alkanes of at least 4 members (excludes halogenated alkanes) is 1. The lowest BCUT2D eigenvalue weighted by molar-refractivity contribution is -0.0236. The Bertz CT molecular complexity index is 637. The molecule has 0 saturated heterocycles. The molecule has 1 amide bonds. The van der Waals surface area contributed by atoms with Crippen LogP contribution < -0.4 is 5.32 Å². The van der Waals surface area contributed by atoms with E-state index < -0.39 is 16.1 Å². The minimum absolute atomic E-state index is 0.0765. The summed E-state index contributed by atoms with van der Waals surface area (Å²) in [5.41, 5.74) is 0.967. The predicted molar refractivity (Wildman–Crippen MR) is 91.9 cm³/mol. The van der Waals surface area contributed by atoms with Crippen molar-refractivity contribution in [2.45, 2.75) is 63.3 Å². The smallest absolute Gasteiger partial charge is 0.335 e. The number of rotatable bonds is 7. The number of hydroxylamine groups is 1. The van der Waals surface area contributed by atoms with E-state index >= 15 is 0 Å². The number of hydrogen-bond acceptors (Lipinski definition) is 4. The molecule has 0 spiro atoms. The number of hydrogen-bond donors (Lipinski definition) is 1. The number of amides is 1. The summed E-state index contributed by atoms with van der Waals surface area (Å²) in [4.78, 5) is 17.3. The zero-order chi connectivity index (χ0) is 17.6. The molecule has 0 bridgehead atoms. The van der Waals surface area contributed by atoms with Crippen molar-refractivity contribution in [1.82, 2.24) is 9.79 Å². The number of nitrogens with one attached hydrogen (secondary N) is 1. The first-order chi connectivity index (χ1) is 11.4. The number of carbonyl (C=O) groups is 1. The fraction of sp³-hybridized carbons (Fsp3) is 0.588. The third kappa shape index (κ3) is 4.95. The van der Waals surface area contributed by atoms with Crippen LogP contribution in [0.25, 0.3) is 0 Å². The Morgan fingerprint density at radius 3 is 2.46 bits per heavy atom. The van der Waals surface area contributed by atoms with E-state index in [0.717, 1.165) is 42.1 Å². The first-order valence-corrected chi connectivity index (χ1v) is 9.95. The van der Waals surface area contributed by atoms with Crippen molar-refractivity contribution in [3.05, 3.63) is 29.8 Å². The van der Waals surface area contributed by atoms with Gasteiger partial charge >= 0.3 is 6.09 Å². The SMILES string of the molecule is CCCCN(OC(=O)NC1CCCC1)S(=O)(=O)c1ccc(C)cc1. The molecule has 1 fully saturated rings. The van der Waals surface area contributed by atoms with Gasteiger partial charge in [0.05, 0.1) is 11.4 Å². The molecule has 2 rings (SSSR count). The van der Waals surface area contributed by atoms with Crippen LogP contribution in [0.15, 0.2) is 29.2 Å². The molecular formula is C17H26N2O4S. The summed E-state index contributed by atoms with van der Waals surface area (Å²) in [6, 6.07) is 6.59. The Morgan fingerprint density at radius 1 is 1.25 bits per heavy atom. The molecule has 0 unspecified atom stereocenters. The van der Waals surface area contributed by atoms with Crippen LogP contribution in [0.1, 0.15) is 51.0 Å². The minimum Gasteiger partial charge on any atom is -0.335 e. The van der Waals surface area contributed by atoms with Crippen LogP contribution in [-0.4, -0.2) is 31.6 Å². The third-order valence-corrected chi connectivity index (χ3v) is 5.80. The summed E-state index contributed by atoms with van der Waals surface area (Å²) < 4.78 is 26.3. The summed E-state index contributed by atoms with van der Waals surface area (Å²) >= 11 is 0. The molecule has 1 aromatic carbocycles. The lowest BCUT2D eigenvalue weighted by atomic mass is 10.2. The number of carbonyl (C=O) groups excluding carboxylic acids is 1. The molecule has 0 aromatic heterocycles. The second-order valence-electron chi connectivity index (χ2n) is 6.20. The standard InChI is InChI=1S/C17H26N2O4S/c1-3-4-13-19(23-17(20)18-15-7-5-6-8-15)24(21,22)16-11-9-14(2)10-12-16/h9-12,15H,3-8,13H2,1-2H3,(H,18,20). The zero-order valence-corrected chi connectivity index (χ0v) is 15.1. The van der Waals surface area contributed by atoms with Crippen molar-refractivity contribution in [2.24, 2.45) is 0 Å². The Labute approximate surface area is 144 Å². The van der Waals surface area contributed by atoms with Crippen LogP contribution in [0.4, 0.5) is 4.79 Å². The average Bonchev–Trinajstić information content (AvgIpc) is 3.04. The molecule has 0 atom stereocenters. The third-order valence-electron chi connectivity index (χ3n) is 4.14. The highest BCUT2D eigenvalue weighted by Crippen LogP contribution is 2.20. The molecule has 0 heterocycles. The van der Waals surface area contributed by atoms with E-state index in [9.17, 15) is 13.2 Å². The number of aryl methyl sites for hydroxylation is 1. The van der Waals surface area contributed by atoms with Crippen molar-refractivity contribution in [2.75, 3.05) is 6.54 Å². The topological polar surface area (TPSA) is 75.7 Å². The van der Waals surface area contributed by atoms with Gasteiger partial charge in [0.1, 0.15) is 0 Å².